The van der Waals surface area contributed by atoms with Crippen molar-refractivity contribution in [3.8, 4) is 11.5 Å². The van der Waals surface area contributed by atoms with Gasteiger partial charge in [-0.1, -0.05) is 61.5 Å². The van der Waals surface area contributed by atoms with E-state index in [4.69, 9.17) is 14.2 Å². The summed E-state index contributed by atoms with van der Waals surface area (Å²) in [7, 11) is 1.48. The van der Waals surface area contributed by atoms with Gasteiger partial charge in [-0.15, -0.1) is 0 Å². The maximum Gasteiger partial charge on any atom is 0.303 e. The Morgan fingerprint density at radius 2 is 1.81 bits per heavy atom. The van der Waals surface area contributed by atoms with E-state index in [0.717, 1.165) is 11.8 Å². The second-order valence-electron chi connectivity index (χ2n) is 9.45. The van der Waals surface area contributed by atoms with Gasteiger partial charge in [0, 0.05) is 24.3 Å². The molecule has 0 bridgehead atoms. The van der Waals surface area contributed by atoms with Gasteiger partial charge in [0.1, 0.15) is 23.9 Å². The Morgan fingerprint density at radius 1 is 1.11 bits per heavy atom. The van der Waals surface area contributed by atoms with Crippen molar-refractivity contribution in [2.24, 2.45) is 5.92 Å². The van der Waals surface area contributed by atoms with Crippen molar-refractivity contribution >= 4 is 12.3 Å². The molecule has 0 unspecified atom stereocenters. The molecule has 7 heteroatoms. The van der Waals surface area contributed by atoms with Gasteiger partial charge in [-0.2, -0.15) is 0 Å². The van der Waals surface area contributed by atoms with Gasteiger partial charge in [0.25, 0.3) is 0 Å². The normalized spacial score (nSPS) is 28.1. The predicted octanol–water partition coefficient (Wildman–Crippen LogP) is 3.84. The van der Waals surface area contributed by atoms with Crippen molar-refractivity contribution in [2.75, 3.05) is 7.11 Å². The highest BCUT2D eigenvalue weighted by Crippen LogP contribution is 2.70. The van der Waals surface area contributed by atoms with Crippen LogP contribution in [0.5, 0.6) is 11.5 Å². The molecule has 1 fully saturated rings. The molecule has 5 atom stereocenters. The first-order valence-corrected chi connectivity index (χ1v) is 11.8. The Hall–Kier alpha value is -3.68. The molecule has 1 saturated carbocycles. The molecule has 0 saturated heterocycles. The molecular weight excluding hydrogens is 460 g/mol. The third kappa shape index (κ3) is 3.20. The van der Waals surface area contributed by atoms with Crippen LogP contribution in [-0.2, 0) is 27.3 Å². The van der Waals surface area contributed by atoms with Crippen LogP contribution >= 0.6 is 0 Å². The summed E-state index contributed by atoms with van der Waals surface area (Å²) >= 11 is 0. The molecule has 3 aromatic carbocycles. The molecule has 2 aliphatic rings. The number of ether oxygens (including phenoxy) is 3. The first-order chi connectivity index (χ1) is 17.3. The third-order valence-electron chi connectivity index (χ3n) is 7.53. The van der Waals surface area contributed by atoms with Crippen LogP contribution in [-0.4, -0.2) is 35.7 Å². The van der Waals surface area contributed by atoms with Crippen molar-refractivity contribution in [1.82, 2.24) is 0 Å². The number of benzene rings is 3. The molecule has 0 spiro atoms. The molecule has 1 heterocycles. The number of aliphatic hydroxyl groups excluding tert-OH is 1. The van der Waals surface area contributed by atoms with Crippen LogP contribution in [0.25, 0.3) is 0 Å². The maximum atomic E-state index is 12.9. The average Bonchev–Trinajstić information content (AvgIpc) is 3.26. The van der Waals surface area contributed by atoms with Gasteiger partial charge in [0.05, 0.1) is 19.3 Å². The number of rotatable bonds is 6. The summed E-state index contributed by atoms with van der Waals surface area (Å²) in [6, 6.07) is 19.8. The fraction of sp³-hybridized carbons (Fsp3) is 0.310. The molecule has 1 aliphatic carbocycles. The van der Waals surface area contributed by atoms with Crippen molar-refractivity contribution in [3.05, 3.63) is 94.5 Å². The fourth-order valence-corrected chi connectivity index (χ4v) is 6.21. The smallest absolute Gasteiger partial charge is 0.303 e. The lowest BCUT2D eigenvalue weighted by Gasteiger charge is -2.41. The number of aldehydes is 1. The largest absolute Gasteiger partial charge is 0.496 e. The SMILES string of the molecule is COc1cc(CO)cc2c1[C@]1(O)[C@H](OC(C)=O)[C@H](C)[C@@H](c3ccccc3)[C@]1(c1ccc(C=O)cc1)O2. The minimum absolute atomic E-state index is 0.252. The lowest BCUT2D eigenvalue weighted by molar-refractivity contribution is -0.182. The standard InChI is InChI=1S/C29H28O7/c1-17-25(21-7-5-4-6-8-21)29(22-11-9-19(15-30)10-12-22)28(33,27(17)35-18(2)32)26-23(34-3)13-20(16-31)14-24(26)36-29/h4-15,17,25,27,31,33H,16H2,1-3H3/t17-,25+,27-,28+,29+/m1/s1. The van der Waals surface area contributed by atoms with Gasteiger partial charge in [-0.3, -0.25) is 9.59 Å². The topological polar surface area (TPSA) is 102 Å². The quantitative estimate of drug-likeness (QED) is 0.402. The molecule has 0 radical (unpaired) electrons. The van der Waals surface area contributed by atoms with Gasteiger partial charge >= 0.3 is 5.97 Å². The Morgan fingerprint density at radius 3 is 2.39 bits per heavy atom. The number of carbonyl (C=O) groups is 2. The summed E-state index contributed by atoms with van der Waals surface area (Å²) in [5.74, 6) is -0.695. The Bertz CT molecular complexity index is 1300. The number of aliphatic hydroxyl groups is 2. The minimum atomic E-state index is -1.85. The Balaban J connectivity index is 1.88. The highest BCUT2D eigenvalue weighted by atomic mass is 16.6. The molecule has 7 nitrogen and oxygen atoms in total. The predicted molar refractivity (Wildman–Crippen MR) is 131 cm³/mol. The number of methoxy groups -OCH3 is 1. The van der Waals surface area contributed by atoms with E-state index in [0.29, 0.717) is 33.8 Å². The highest BCUT2D eigenvalue weighted by molar-refractivity contribution is 5.75. The minimum Gasteiger partial charge on any atom is -0.496 e. The molecule has 5 rings (SSSR count). The monoisotopic (exact) mass is 488 g/mol. The van der Waals surface area contributed by atoms with Gasteiger partial charge in [-0.25, -0.2) is 0 Å². The molecule has 2 N–H and O–H groups in total. The Labute approximate surface area is 209 Å². The zero-order chi connectivity index (χ0) is 25.7. The van der Waals surface area contributed by atoms with Crippen molar-refractivity contribution in [3.63, 3.8) is 0 Å². The molecule has 36 heavy (non-hydrogen) atoms. The van der Waals surface area contributed by atoms with Crippen LogP contribution in [0, 0.1) is 5.92 Å². The summed E-state index contributed by atoms with van der Waals surface area (Å²) in [5, 5.41) is 22.7. The van der Waals surface area contributed by atoms with E-state index in [-0.39, 0.29) is 12.5 Å². The molecular formula is C29H28O7. The van der Waals surface area contributed by atoms with Crippen molar-refractivity contribution in [2.45, 2.75) is 43.7 Å². The van der Waals surface area contributed by atoms with Crippen LogP contribution < -0.4 is 9.47 Å². The summed E-state index contributed by atoms with van der Waals surface area (Å²) in [6.07, 6.45) is -0.233. The first-order valence-electron chi connectivity index (χ1n) is 11.8. The summed E-state index contributed by atoms with van der Waals surface area (Å²) in [6.45, 7) is 2.99. The van der Waals surface area contributed by atoms with E-state index < -0.39 is 29.2 Å². The van der Waals surface area contributed by atoms with Crippen LogP contribution in [0.3, 0.4) is 0 Å². The zero-order valence-electron chi connectivity index (χ0n) is 20.3. The van der Waals surface area contributed by atoms with Gasteiger partial charge in [0.15, 0.2) is 11.2 Å². The van der Waals surface area contributed by atoms with Crippen molar-refractivity contribution < 1.29 is 34.0 Å². The number of hydrogen-bond donors (Lipinski definition) is 2. The van der Waals surface area contributed by atoms with E-state index in [1.165, 1.54) is 14.0 Å². The molecule has 0 amide bonds. The lowest BCUT2D eigenvalue weighted by atomic mass is 9.70. The number of hydrogen-bond acceptors (Lipinski definition) is 7. The third-order valence-corrected chi connectivity index (χ3v) is 7.53. The molecule has 3 aromatic rings. The number of carbonyl (C=O) groups excluding carboxylic acids is 2. The number of fused-ring (bicyclic) bond motifs is 3. The second-order valence-corrected chi connectivity index (χ2v) is 9.45. The van der Waals surface area contributed by atoms with E-state index in [1.54, 1.807) is 36.4 Å². The van der Waals surface area contributed by atoms with Gasteiger partial charge < -0.3 is 24.4 Å². The maximum absolute atomic E-state index is 12.9. The summed E-state index contributed by atoms with van der Waals surface area (Å²) in [4.78, 5) is 23.7. The Kier molecular flexibility index (Phi) is 5.85. The van der Waals surface area contributed by atoms with E-state index in [9.17, 15) is 19.8 Å². The van der Waals surface area contributed by atoms with Gasteiger partial charge in [0.2, 0.25) is 0 Å². The van der Waals surface area contributed by atoms with Crippen LogP contribution in [0.1, 0.15) is 52.4 Å². The lowest BCUT2D eigenvalue weighted by Crippen LogP contribution is -2.53. The van der Waals surface area contributed by atoms with E-state index in [2.05, 4.69) is 0 Å². The average molecular weight is 489 g/mol. The number of esters is 1. The first kappa shape index (κ1) is 24.0. The van der Waals surface area contributed by atoms with Gasteiger partial charge in [-0.05, 0) is 28.8 Å². The molecule has 1 aliphatic heterocycles. The summed E-state index contributed by atoms with van der Waals surface area (Å²) < 4.78 is 18.3. The van der Waals surface area contributed by atoms with Crippen LogP contribution in [0.4, 0.5) is 0 Å². The van der Waals surface area contributed by atoms with Crippen LogP contribution in [0.2, 0.25) is 0 Å². The van der Waals surface area contributed by atoms with Crippen LogP contribution in [0.15, 0.2) is 66.7 Å². The highest BCUT2D eigenvalue weighted by Gasteiger charge is 2.77. The van der Waals surface area contributed by atoms with E-state index in [1.807, 2.05) is 37.3 Å². The van der Waals surface area contributed by atoms with E-state index >= 15 is 0 Å². The fourth-order valence-electron chi connectivity index (χ4n) is 6.21. The summed E-state index contributed by atoms with van der Waals surface area (Å²) in [5.41, 5.74) is -0.378. The molecule has 186 valence electrons. The molecule has 0 aromatic heterocycles. The zero-order valence-corrected chi connectivity index (χ0v) is 20.3. The van der Waals surface area contributed by atoms with Crippen molar-refractivity contribution in [1.29, 1.82) is 0 Å². The second kappa shape index (κ2) is 8.76.